The van der Waals surface area contributed by atoms with Crippen LogP contribution in [-0.4, -0.2) is 45.7 Å². The van der Waals surface area contributed by atoms with Crippen molar-refractivity contribution in [1.29, 1.82) is 0 Å². The van der Waals surface area contributed by atoms with Gasteiger partial charge in [0, 0.05) is 34.5 Å². The van der Waals surface area contributed by atoms with E-state index in [4.69, 9.17) is 4.74 Å². The maximum Gasteiger partial charge on any atom is 0.0652 e. The van der Waals surface area contributed by atoms with Crippen LogP contribution in [0.25, 0.3) is 0 Å². The molecule has 0 bridgehead atoms. The summed E-state index contributed by atoms with van der Waals surface area (Å²) in [6, 6.07) is 2.70. The predicted octanol–water partition coefficient (Wildman–Crippen LogP) is 13.0. The summed E-state index contributed by atoms with van der Waals surface area (Å²) in [7, 11) is 0. The minimum absolute atomic E-state index is 0.628. The quantitative estimate of drug-likeness (QED) is 0.271. The van der Waals surface area contributed by atoms with Gasteiger partial charge in [0.05, 0.1) is 12.2 Å². The molecule has 8 aliphatic carbocycles. The molecule has 9 atom stereocenters. The van der Waals surface area contributed by atoms with Gasteiger partial charge < -0.3 is 4.74 Å². The van der Waals surface area contributed by atoms with Crippen LogP contribution >= 0.6 is 11.8 Å². The molecule has 10 fully saturated rings. The van der Waals surface area contributed by atoms with E-state index in [2.05, 4.69) is 16.7 Å². The Hall–Kier alpha value is 0.270. The number of nitrogens with zero attached hydrogens (tertiary/aromatic N) is 1. The van der Waals surface area contributed by atoms with Crippen LogP contribution in [0.3, 0.4) is 0 Å². The Morgan fingerprint density at radius 3 is 1.39 bits per heavy atom. The van der Waals surface area contributed by atoms with Crippen molar-refractivity contribution < 1.29 is 4.74 Å². The van der Waals surface area contributed by atoms with Gasteiger partial charge in [0.25, 0.3) is 0 Å². The van der Waals surface area contributed by atoms with Gasteiger partial charge in [0.2, 0.25) is 0 Å². The summed E-state index contributed by atoms with van der Waals surface area (Å²) >= 11 is 2.45. The van der Waals surface area contributed by atoms with E-state index in [-0.39, 0.29) is 0 Å². The van der Waals surface area contributed by atoms with E-state index in [1.807, 2.05) is 0 Å². The van der Waals surface area contributed by atoms with E-state index >= 15 is 0 Å². The van der Waals surface area contributed by atoms with E-state index in [9.17, 15) is 0 Å². The molecule has 51 heavy (non-hydrogen) atoms. The lowest BCUT2D eigenvalue weighted by molar-refractivity contribution is -0.0777. The number of rotatable bonds is 6. The van der Waals surface area contributed by atoms with Gasteiger partial charge in [-0.15, -0.1) is 0 Å². The SMILES string of the molecule is C1CCC(C2CCC(N(C3CCC(C4CCCCC4)CC3)C3CCC(C4CCCC5C6CCC7SC8CCCCC8C7C6OC45)CC3)CC2)CC1. The molecule has 0 N–H and O–H groups in total. The van der Waals surface area contributed by atoms with Crippen molar-refractivity contribution in [1.82, 2.24) is 4.90 Å². The summed E-state index contributed by atoms with van der Waals surface area (Å²) in [6.45, 7) is 0. The Kier molecular flexibility index (Phi) is 11.2. The summed E-state index contributed by atoms with van der Waals surface area (Å²) in [5, 5.41) is 1.92. The lowest BCUT2D eigenvalue weighted by Crippen LogP contribution is -2.53. The van der Waals surface area contributed by atoms with Crippen LogP contribution in [0, 0.1) is 59.2 Å². The monoisotopic (exact) mass is 718 g/mol. The molecule has 2 heterocycles. The van der Waals surface area contributed by atoms with Crippen molar-refractivity contribution in [2.45, 2.75) is 240 Å². The topological polar surface area (TPSA) is 12.5 Å². The van der Waals surface area contributed by atoms with Crippen molar-refractivity contribution >= 4 is 11.8 Å². The second-order valence-corrected chi connectivity index (χ2v) is 22.7. The molecule has 0 aromatic heterocycles. The Balaban J connectivity index is 0.801. The summed E-state index contributed by atoms with van der Waals surface area (Å²) in [5.41, 5.74) is 0. The standard InChI is InChI=1S/C48H79NOS/c1-3-10-32(11-4-1)34-18-24-37(25-19-34)49(38-26-20-35(21-27-38)33-12-5-2-6-13-33)39-28-22-36(23-29-39)40-15-9-16-41-42-30-31-45-46(48(42)50-47(40)41)43-14-7-8-17-44(43)51-45/h32-48H,1-31H2. The Labute approximate surface area is 319 Å². The predicted molar refractivity (Wildman–Crippen MR) is 215 cm³/mol. The van der Waals surface area contributed by atoms with Crippen LogP contribution in [0.15, 0.2) is 0 Å². The highest BCUT2D eigenvalue weighted by Gasteiger charge is 2.60. The van der Waals surface area contributed by atoms with Gasteiger partial charge in [0.1, 0.15) is 0 Å². The Morgan fingerprint density at radius 1 is 0.314 bits per heavy atom. The molecule has 2 nitrogen and oxygen atoms in total. The molecule has 2 aliphatic heterocycles. The van der Waals surface area contributed by atoms with Gasteiger partial charge in [-0.25, -0.2) is 0 Å². The zero-order valence-electron chi connectivity index (χ0n) is 33.0. The van der Waals surface area contributed by atoms with Crippen molar-refractivity contribution in [2.75, 3.05) is 0 Å². The fourth-order valence-electron chi connectivity index (χ4n) is 16.8. The summed E-state index contributed by atoms with van der Waals surface area (Å²) in [6.07, 6.45) is 48.7. The second-order valence-electron chi connectivity index (χ2n) is 21.3. The smallest absolute Gasteiger partial charge is 0.0652 e. The van der Waals surface area contributed by atoms with Gasteiger partial charge in [-0.2, -0.15) is 11.8 Å². The zero-order valence-corrected chi connectivity index (χ0v) is 33.8. The van der Waals surface area contributed by atoms with Gasteiger partial charge in [0.15, 0.2) is 0 Å². The van der Waals surface area contributed by atoms with E-state index in [0.717, 1.165) is 87.8 Å². The number of hydrogen-bond acceptors (Lipinski definition) is 3. The average Bonchev–Trinajstić information content (AvgIpc) is 3.78. The first-order valence-electron chi connectivity index (χ1n) is 24.4. The molecule has 9 unspecified atom stereocenters. The third-order valence-corrected chi connectivity index (χ3v) is 21.0. The zero-order chi connectivity index (χ0) is 33.7. The Morgan fingerprint density at radius 2 is 0.784 bits per heavy atom. The molecule has 0 amide bonds. The highest BCUT2D eigenvalue weighted by Crippen LogP contribution is 2.62. The van der Waals surface area contributed by atoms with Gasteiger partial charge >= 0.3 is 0 Å². The van der Waals surface area contributed by atoms with E-state index < -0.39 is 0 Å². The number of fused-ring (bicyclic) bond motifs is 7. The third kappa shape index (κ3) is 7.12. The summed E-state index contributed by atoms with van der Waals surface area (Å²) in [5.74, 6) is 9.88. The molecule has 0 aromatic rings. The molecular formula is C48H79NOS. The second kappa shape index (κ2) is 16.0. The van der Waals surface area contributed by atoms with Crippen molar-refractivity contribution in [3.8, 4) is 0 Å². The van der Waals surface area contributed by atoms with Crippen LogP contribution in [0.1, 0.15) is 199 Å². The van der Waals surface area contributed by atoms with Crippen LogP contribution in [-0.2, 0) is 4.74 Å². The fraction of sp³-hybridized carbons (Fsp3) is 1.00. The summed E-state index contributed by atoms with van der Waals surface area (Å²) in [4.78, 5) is 3.33. The summed E-state index contributed by atoms with van der Waals surface area (Å²) < 4.78 is 7.56. The first-order valence-corrected chi connectivity index (χ1v) is 25.3. The van der Waals surface area contributed by atoms with Crippen molar-refractivity contribution in [3.63, 3.8) is 0 Å². The maximum absolute atomic E-state index is 7.56. The van der Waals surface area contributed by atoms with Gasteiger partial charge in [-0.3, -0.25) is 4.90 Å². The van der Waals surface area contributed by atoms with Crippen LogP contribution in [0.2, 0.25) is 0 Å². The molecule has 10 rings (SSSR count). The van der Waals surface area contributed by atoms with Crippen LogP contribution < -0.4 is 0 Å². The first kappa shape index (κ1) is 35.7. The molecule has 8 saturated carbocycles. The van der Waals surface area contributed by atoms with Crippen LogP contribution in [0.5, 0.6) is 0 Å². The molecule has 288 valence electrons. The lowest BCUT2D eigenvalue weighted by Gasteiger charge is -2.51. The largest absolute Gasteiger partial charge is 0.374 e. The maximum atomic E-state index is 7.56. The highest BCUT2D eigenvalue weighted by atomic mass is 32.2. The molecule has 0 aromatic carbocycles. The lowest BCUT2D eigenvalue weighted by atomic mass is 9.62. The molecule has 10 aliphatic rings. The first-order chi connectivity index (χ1) is 25.3. The molecular weight excluding hydrogens is 639 g/mol. The molecule has 3 heteroatoms. The highest BCUT2D eigenvalue weighted by molar-refractivity contribution is 8.00. The minimum atomic E-state index is 0.628. The Bertz CT molecular complexity index is 1070. The van der Waals surface area contributed by atoms with E-state index in [1.165, 1.54) is 148 Å². The van der Waals surface area contributed by atoms with Crippen molar-refractivity contribution in [2.24, 2.45) is 59.2 Å². The average molecular weight is 718 g/mol. The number of ether oxygens (including phenoxy) is 1. The third-order valence-electron chi connectivity index (χ3n) is 19.1. The van der Waals surface area contributed by atoms with Gasteiger partial charge in [-0.05, 0) is 169 Å². The van der Waals surface area contributed by atoms with E-state index in [0.29, 0.717) is 12.2 Å². The molecule has 0 radical (unpaired) electrons. The molecule has 0 spiro atoms. The molecule has 2 saturated heterocycles. The van der Waals surface area contributed by atoms with Crippen LogP contribution in [0.4, 0.5) is 0 Å². The van der Waals surface area contributed by atoms with Crippen molar-refractivity contribution in [3.05, 3.63) is 0 Å². The van der Waals surface area contributed by atoms with Gasteiger partial charge in [-0.1, -0.05) is 83.5 Å². The fourth-order valence-corrected chi connectivity index (χ4v) is 18.8. The number of thioether (sulfide) groups is 1. The normalized spacial score (nSPS) is 49.9. The number of hydrogen-bond donors (Lipinski definition) is 0. The van der Waals surface area contributed by atoms with E-state index in [1.54, 1.807) is 51.4 Å². The minimum Gasteiger partial charge on any atom is -0.374 e.